The molecule has 6 nitrogen and oxygen atoms in total. The van der Waals surface area contributed by atoms with E-state index in [1.165, 1.54) is 30.0 Å². The van der Waals surface area contributed by atoms with Crippen LogP contribution in [0.4, 0.5) is 5.69 Å². The number of carboxylic acid groups (broad SMARTS) is 2. The molecule has 2 N–H and O–H groups in total. The van der Waals surface area contributed by atoms with Crippen LogP contribution < -0.4 is 15.0 Å². The summed E-state index contributed by atoms with van der Waals surface area (Å²) < 4.78 is 0. The van der Waals surface area contributed by atoms with Crippen LogP contribution in [0.3, 0.4) is 0 Å². The van der Waals surface area contributed by atoms with Gasteiger partial charge in [0.05, 0.1) is 11.5 Å². The second-order valence-electron chi connectivity index (χ2n) is 4.29. The van der Waals surface area contributed by atoms with Gasteiger partial charge in [0.1, 0.15) is 0 Å². The van der Waals surface area contributed by atoms with Crippen molar-refractivity contribution in [2.75, 3.05) is 19.0 Å². The van der Waals surface area contributed by atoms with Crippen LogP contribution in [0.15, 0.2) is 48.8 Å². The number of nitrogens with one attached hydrogen (secondary N) is 1. The van der Waals surface area contributed by atoms with E-state index in [9.17, 15) is 14.7 Å². The van der Waals surface area contributed by atoms with E-state index in [4.69, 9.17) is 5.11 Å². The molecular formula is C15H16N2O4. The molecule has 0 aliphatic carbocycles. The van der Waals surface area contributed by atoms with E-state index in [1.807, 2.05) is 38.6 Å². The molecule has 0 aliphatic heterocycles. The average molecular weight is 288 g/mol. The summed E-state index contributed by atoms with van der Waals surface area (Å²) in [5.74, 6) is -2.75. The predicted molar refractivity (Wildman–Crippen MR) is 75.1 cm³/mol. The topological polar surface area (TPSA) is 94.8 Å². The molecule has 110 valence electrons. The summed E-state index contributed by atoms with van der Waals surface area (Å²) in [5.41, 5.74) is 0.663. The van der Waals surface area contributed by atoms with Crippen LogP contribution in [-0.2, 0) is 0 Å². The second kappa shape index (κ2) is 7.64. The van der Waals surface area contributed by atoms with Gasteiger partial charge >= 0.3 is 5.97 Å². The van der Waals surface area contributed by atoms with Crippen molar-refractivity contribution in [2.45, 2.75) is 0 Å². The van der Waals surface area contributed by atoms with Crippen LogP contribution in [0.1, 0.15) is 20.7 Å². The largest absolute Gasteiger partial charge is 0.545 e. The van der Waals surface area contributed by atoms with Gasteiger partial charge in [0.15, 0.2) is 12.4 Å². The summed E-state index contributed by atoms with van der Waals surface area (Å²) in [6.07, 6.45) is 3.82. The lowest BCUT2D eigenvalue weighted by atomic mass is 10.1. The minimum atomic E-state index is -1.48. The Kier molecular flexibility index (Phi) is 5.88. The highest BCUT2D eigenvalue weighted by molar-refractivity contribution is 6.00. The molecule has 0 aliphatic rings. The molecule has 0 atom stereocenters. The highest BCUT2D eigenvalue weighted by Gasteiger charge is 2.08. The van der Waals surface area contributed by atoms with Gasteiger partial charge in [-0.15, -0.1) is 0 Å². The number of benzene rings is 1. The smallest absolute Gasteiger partial charge is 0.336 e. The molecule has 1 aromatic heterocycles. The molecule has 0 amide bonds. The van der Waals surface area contributed by atoms with Crippen molar-refractivity contribution in [3.05, 3.63) is 59.9 Å². The highest BCUT2D eigenvalue weighted by Crippen LogP contribution is 2.06. The van der Waals surface area contributed by atoms with Crippen molar-refractivity contribution in [3.8, 4) is 0 Å². The molecular weight excluding hydrogens is 272 g/mol. The number of hydrogen-bond donors (Lipinski definition) is 1. The fourth-order valence-corrected chi connectivity index (χ4v) is 1.52. The third kappa shape index (κ3) is 4.94. The number of aromatic amines is 1. The number of carbonyl (C=O) groups is 2. The van der Waals surface area contributed by atoms with E-state index in [-0.39, 0.29) is 11.1 Å². The molecule has 1 aromatic carbocycles. The van der Waals surface area contributed by atoms with E-state index in [2.05, 4.69) is 9.88 Å². The Morgan fingerprint density at radius 2 is 1.57 bits per heavy atom. The number of H-pyrrole nitrogens is 1. The first kappa shape index (κ1) is 16.2. The quantitative estimate of drug-likeness (QED) is 0.877. The predicted octanol–water partition coefficient (Wildman–Crippen LogP) is 0.315. The van der Waals surface area contributed by atoms with Crippen molar-refractivity contribution in [1.29, 1.82) is 0 Å². The summed E-state index contributed by atoms with van der Waals surface area (Å²) >= 11 is 0. The van der Waals surface area contributed by atoms with Crippen molar-refractivity contribution < 1.29 is 24.8 Å². The van der Waals surface area contributed by atoms with Crippen molar-refractivity contribution in [1.82, 2.24) is 0 Å². The molecule has 0 bridgehead atoms. The van der Waals surface area contributed by atoms with Crippen LogP contribution in [0.2, 0.25) is 0 Å². The number of anilines is 1. The molecule has 6 heteroatoms. The van der Waals surface area contributed by atoms with Gasteiger partial charge in [-0.05, 0) is 6.07 Å². The molecule has 0 fully saturated rings. The fourth-order valence-electron chi connectivity index (χ4n) is 1.52. The SMILES string of the molecule is CN(C)c1cc[nH+]cc1.O=C([O-])c1ccccc1C(=O)O. The number of nitrogens with zero attached hydrogens (tertiary/aromatic N) is 1. The summed E-state index contributed by atoms with van der Waals surface area (Å²) in [5, 5.41) is 18.9. The normalized spacial score (nSPS) is 9.24. The van der Waals surface area contributed by atoms with Gasteiger partial charge in [0.2, 0.25) is 0 Å². The minimum absolute atomic E-state index is 0.252. The summed E-state index contributed by atoms with van der Waals surface area (Å²) in [7, 11) is 4.05. The van der Waals surface area contributed by atoms with Gasteiger partial charge in [0, 0.05) is 37.5 Å². The molecule has 0 unspecified atom stereocenters. The zero-order valence-corrected chi connectivity index (χ0v) is 11.7. The number of carbonyl (C=O) groups excluding carboxylic acids is 1. The van der Waals surface area contributed by atoms with Gasteiger partial charge in [-0.3, -0.25) is 0 Å². The number of carboxylic acids is 2. The van der Waals surface area contributed by atoms with Crippen molar-refractivity contribution in [3.63, 3.8) is 0 Å². The Morgan fingerprint density at radius 3 is 1.90 bits per heavy atom. The number of aromatic carboxylic acids is 2. The van der Waals surface area contributed by atoms with Crippen molar-refractivity contribution >= 4 is 17.6 Å². The second-order valence-corrected chi connectivity index (χ2v) is 4.29. The molecule has 0 radical (unpaired) electrons. The summed E-state index contributed by atoms with van der Waals surface area (Å²) in [4.78, 5) is 25.8. The van der Waals surface area contributed by atoms with E-state index < -0.39 is 11.9 Å². The number of rotatable bonds is 3. The van der Waals surface area contributed by atoms with E-state index >= 15 is 0 Å². The van der Waals surface area contributed by atoms with Gasteiger partial charge in [-0.25, -0.2) is 9.78 Å². The molecule has 0 saturated carbocycles. The Balaban J connectivity index is 0.000000219. The number of pyridine rings is 1. The standard InChI is InChI=1S/C8H6O4.C7H10N2/c9-7(10)5-3-1-2-4-6(5)8(11)12;1-9(2)7-3-5-8-6-4-7/h1-4H,(H,9,10)(H,11,12);3-6H,1-2H3. The molecule has 2 rings (SSSR count). The maximum absolute atomic E-state index is 10.4. The zero-order chi connectivity index (χ0) is 15.8. The van der Waals surface area contributed by atoms with E-state index in [0.717, 1.165) is 0 Å². The number of aromatic nitrogens is 1. The lowest BCUT2D eigenvalue weighted by Gasteiger charge is -2.08. The lowest BCUT2D eigenvalue weighted by Crippen LogP contribution is -2.24. The Labute approximate surface area is 122 Å². The van der Waals surface area contributed by atoms with Gasteiger partial charge in [-0.1, -0.05) is 18.2 Å². The Morgan fingerprint density at radius 1 is 1.05 bits per heavy atom. The highest BCUT2D eigenvalue weighted by atomic mass is 16.4. The van der Waals surface area contributed by atoms with Crippen LogP contribution in [-0.4, -0.2) is 31.1 Å². The Bertz CT molecular complexity index is 579. The summed E-state index contributed by atoms with van der Waals surface area (Å²) in [6, 6.07) is 9.36. The first-order valence-electron chi connectivity index (χ1n) is 6.10. The molecule has 1 heterocycles. The molecule has 2 aromatic rings. The van der Waals surface area contributed by atoms with Gasteiger partial charge in [0.25, 0.3) is 0 Å². The first-order chi connectivity index (χ1) is 9.93. The van der Waals surface area contributed by atoms with Crippen LogP contribution >= 0.6 is 0 Å². The molecule has 0 saturated heterocycles. The van der Waals surface area contributed by atoms with E-state index in [1.54, 1.807) is 0 Å². The monoisotopic (exact) mass is 288 g/mol. The minimum Gasteiger partial charge on any atom is -0.545 e. The zero-order valence-electron chi connectivity index (χ0n) is 11.7. The lowest BCUT2D eigenvalue weighted by molar-refractivity contribution is -0.377. The fraction of sp³-hybridized carbons (Fsp3) is 0.133. The third-order valence-corrected chi connectivity index (χ3v) is 2.59. The Hall–Kier alpha value is -2.89. The van der Waals surface area contributed by atoms with Gasteiger partial charge in [-0.2, -0.15) is 0 Å². The molecule has 0 spiro atoms. The molecule has 21 heavy (non-hydrogen) atoms. The van der Waals surface area contributed by atoms with Crippen molar-refractivity contribution in [2.24, 2.45) is 0 Å². The summed E-state index contributed by atoms with van der Waals surface area (Å²) in [6.45, 7) is 0. The third-order valence-electron chi connectivity index (χ3n) is 2.59. The maximum atomic E-state index is 10.4. The first-order valence-corrected chi connectivity index (χ1v) is 6.10. The average Bonchev–Trinajstić information content (AvgIpc) is 2.48. The maximum Gasteiger partial charge on any atom is 0.336 e. The van der Waals surface area contributed by atoms with E-state index in [0.29, 0.717) is 0 Å². The van der Waals surface area contributed by atoms with Crippen LogP contribution in [0, 0.1) is 0 Å². The van der Waals surface area contributed by atoms with Crippen LogP contribution in [0.25, 0.3) is 0 Å². The number of hydrogen-bond acceptors (Lipinski definition) is 4. The van der Waals surface area contributed by atoms with Crippen LogP contribution in [0.5, 0.6) is 0 Å². The van der Waals surface area contributed by atoms with Gasteiger partial charge < -0.3 is 19.9 Å².